The molecule has 4 rings (SSSR count). The maximum atomic E-state index is 12.8. The van der Waals surface area contributed by atoms with E-state index in [9.17, 15) is 18.0 Å². The van der Waals surface area contributed by atoms with E-state index in [0.29, 0.717) is 11.4 Å². The highest BCUT2D eigenvalue weighted by Gasteiger charge is 2.30. The first-order chi connectivity index (χ1) is 14.9. The van der Waals surface area contributed by atoms with Crippen LogP contribution in [0, 0.1) is 5.92 Å². The smallest absolute Gasteiger partial charge is 0.416 e. The number of aromatic nitrogens is 4. The van der Waals surface area contributed by atoms with Crippen molar-refractivity contribution in [2.75, 3.05) is 0 Å². The van der Waals surface area contributed by atoms with Crippen molar-refractivity contribution in [2.45, 2.75) is 64.1 Å². The van der Waals surface area contributed by atoms with Crippen molar-refractivity contribution >= 4 is 11.2 Å². The van der Waals surface area contributed by atoms with Crippen LogP contribution in [0.1, 0.15) is 61.9 Å². The van der Waals surface area contributed by atoms with Crippen molar-refractivity contribution in [3.63, 3.8) is 0 Å². The van der Waals surface area contributed by atoms with Crippen molar-refractivity contribution < 1.29 is 17.9 Å². The molecule has 1 aliphatic rings. The average molecular weight is 434 g/mol. The molecule has 2 N–H and O–H groups in total. The average Bonchev–Trinajstić information content (AvgIpc) is 3.16. The molecule has 0 radical (unpaired) electrons. The number of nitrogens with zero attached hydrogens (tertiary/aromatic N) is 2. The Morgan fingerprint density at radius 2 is 1.90 bits per heavy atom. The first-order valence-electron chi connectivity index (χ1n) is 10.7. The van der Waals surface area contributed by atoms with Gasteiger partial charge in [0.25, 0.3) is 11.6 Å². The molecule has 0 unspecified atom stereocenters. The van der Waals surface area contributed by atoms with Crippen LogP contribution in [0.2, 0.25) is 0 Å². The first-order valence-corrected chi connectivity index (χ1v) is 10.7. The third-order valence-corrected chi connectivity index (χ3v) is 5.77. The van der Waals surface area contributed by atoms with Gasteiger partial charge in [-0.25, -0.2) is 4.98 Å². The quantitative estimate of drug-likeness (QED) is 0.539. The van der Waals surface area contributed by atoms with E-state index < -0.39 is 17.3 Å². The second kappa shape index (κ2) is 9.11. The highest BCUT2D eigenvalue weighted by molar-refractivity contribution is 5.69. The number of alkyl halides is 3. The van der Waals surface area contributed by atoms with E-state index in [2.05, 4.69) is 19.9 Å². The molecule has 166 valence electrons. The molecule has 0 saturated heterocycles. The van der Waals surface area contributed by atoms with E-state index in [-0.39, 0.29) is 23.8 Å². The lowest BCUT2D eigenvalue weighted by Crippen LogP contribution is -2.11. The number of aryl methyl sites for hydroxylation is 1. The molecule has 31 heavy (non-hydrogen) atoms. The molecule has 0 amide bonds. The van der Waals surface area contributed by atoms with Crippen molar-refractivity contribution in [2.24, 2.45) is 5.92 Å². The zero-order valence-corrected chi connectivity index (χ0v) is 17.1. The summed E-state index contributed by atoms with van der Waals surface area (Å²) in [5.41, 5.74) is -0.330. The fourth-order valence-electron chi connectivity index (χ4n) is 4.14. The van der Waals surface area contributed by atoms with Gasteiger partial charge in [-0.3, -0.25) is 9.78 Å². The number of fused-ring (bicyclic) bond motifs is 1. The number of benzene rings is 1. The number of hydrogen-bond donors (Lipinski definition) is 2. The maximum Gasteiger partial charge on any atom is 0.416 e. The third kappa shape index (κ3) is 5.45. The van der Waals surface area contributed by atoms with E-state index in [4.69, 9.17) is 4.74 Å². The lowest BCUT2D eigenvalue weighted by Gasteiger charge is -2.20. The molecule has 6 nitrogen and oxygen atoms in total. The SMILES string of the molecule is O=c1[nH]c(OCc2cccc(C(F)(F)F)c2)nc2nc(CCCC3CCCCC3)[nH]c12. The van der Waals surface area contributed by atoms with Gasteiger partial charge in [0.15, 0.2) is 11.2 Å². The van der Waals surface area contributed by atoms with Gasteiger partial charge in [0.05, 0.1) is 5.56 Å². The van der Waals surface area contributed by atoms with Crippen molar-refractivity contribution in [3.8, 4) is 6.01 Å². The van der Waals surface area contributed by atoms with Gasteiger partial charge in [-0.1, -0.05) is 50.7 Å². The fourth-order valence-corrected chi connectivity index (χ4v) is 4.14. The lowest BCUT2D eigenvalue weighted by molar-refractivity contribution is -0.137. The largest absolute Gasteiger partial charge is 0.460 e. The molecule has 1 saturated carbocycles. The summed E-state index contributed by atoms with van der Waals surface area (Å²) in [6.07, 6.45) is 5.05. The Bertz CT molecular complexity index is 1080. The number of imidazole rings is 1. The Hall–Kier alpha value is -2.84. The van der Waals surface area contributed by atoms with Gasteiger partial charge in [0, 0.05) is 6.42 Å². The number of aromatic amines is 2. The summed E-state index contributed by atoms with van der Waals surface area (Å²) < 4.78 is 44.0. The van der Waals surface area contributed by atoms with Crippen LogP contribution in [0.15, 0.2) is 29.1 Å². The molecular weight excluding hydrogens is 409 g/mol. The van der Waals surface area contributed by atoms with E-state index in [1.165, 1.54) is 44.2 Å². The number of nitrogens with one attached hydrogen (secondary N) is 2. The highest BCUT2D eigenvalue weighted by atomic mass is 19.4. The van der Waals surface area contributed by atoms with Gasteiger partial charge < -0.3 is 9.72 Å². The molecule has 0 atom stereocenters. The van der Waals surface area contributed by atoms with Crippen LogP contribution in [0.3, 0.4) is 0 Å². The summed E-state index contributed by atoms with van der Waals surface area (Å²) in [6, 6.07) is 4.76. The highest BCUT2D eigenvalue weighted by Crippen LogP contribution is 2.30. The fraction of sp³-hybridized carbons (Fsp3) is 0.500. The third-order valence-electron chi connectivity index (χ3n) is 5.77. The summed E-state index contributed by atoms with van der Waals surface area (Å²) >= 11 is 0. The molecule has 2 aromatic heterocycles. The molecular formula is C22H25F3N4O2. The minimum atomic E-state index is -4.43. The summed E-state index contributed by atoms with van der Waals surface area (Å²) in [7, 11) is 0. The van der Waals surface area contributed by atoms with Gasteiger partial charge >= 0.3 is 6.18 Å². The van der Waals surface area contributed by atoms with Gasteiger partial charge in [-0.2, -0.15) is 18.2 Å². The van der Waals surface area contributed by atoms with Crippen LogP contribution >= 0.6 is 0 Å². The monoisotopic (exact) mass is 434 g/mol. The predicted molar refractivity (Wildman–Crippen MR) is 110 cm³/mol. The number of hydrogen-bond acceptors (Lipinski definition) is 4. The second-order valence-corrected chi connectivity index (χ2v) is 8.14. The summed E-state index contributed by atoms with van der Waals surface area (Å²) in [5, 5.41) is 0. The van der Waals surface area contributed by atoms with Crippen molar-refractivity contribution in [1.82, 2.24) is 19.9 Å². The Morgan fingerprint density at radius 1 is 1.10 bits per heavy atom. The van der Waals surface area contributed by atoms with Crippen LogP contribution < -0.4 is 10.3 Å². The zero-order valence-electron chi connectivity index (χ0n) is 17.1. The summed E-state index contributed by atoms with van der Waals surface area (Å²) in [5.74, 6) is 1.49. The Balaban J connectivity index is 1.40. The molecule has 1 aromatic carbocycles. The Kier molecular flexibility index (Phi) is 6.29. The molecule has 1 aliphatic carbocycles. The molecule has 1 fully saturated rings. The molecule has 0 aliphatic heterocycles. The molecule has 0 spiro atoms. The van der Waals surface area contributed by atoms with E-state index in [1.807, 2.05) is 0 Å². The first kappa shape index (κ1) is 21.4. The van der Waals surface area contributed by atoms with Gasteiger partial charge in [0.1, 0.15) is 12.4 Å². The summed E-state index contributed by atoms with van der Waals surface area (Å²) in [4.78, 5) is 26.5. The van der Waals surface area contributed by atoms with Crippen LogP contribution in [0.5, 0.6) is 6.01 Å². The topological polar surface area (TPSA) is 83.7 Å². The van der Waals surface area contributed by atoms with Crippen LogP contribution in [0.4, 0.5) is 13.2 Å². The van der Waals surface area contributed by atoms with E-state index >= 15 is 0 Å². The normalized spacial score (nSPS) is 15.5. The van der Waals surface area contributed by atoms with Crippen molar-refractivity contribution in [1.29, 1.82) is 0 Å². The number of ether oxygens (including phenoxy) is 1. The van der Waals surface area contributed by atoms with Gasteiger partial charge in [-0.15, -0.1) is 0 Å². The van der Waals surface area contributed by atoms with Crippen LogP contribution in [-0.4, -0.2) is 19.9 Å². The molecule has 9 heteroatoms. The second-order valence-electron chi connectivity index (χ2n) is 8.14. The number of H-pyrrole nitrogens is 2. The Morgan fingerprint density at radius 3 is 2.68 bits per heavy atom. The van der Waals surface area contributed by atoms with E-state index in [0.717, 1.165) is 37.3 Å². The number of rotatable bonds is 7. The maximum absolute atomic E-state index is 12.8. The molecule has 0 bridgehead atoms. The standard InChI is InChI=1S/C22H25F3N4O2/c23-22(24,25)16-10-4-9-15(12-16)13-31-21-28-19-18(20(30)29-21)26-17(27-19)11-5-8-14-6-2-1-3-7-14/h4,9-10,12,14H,1-3,5-8,11,13H2,(H2,26,27,28,29,30). The molecule has 3 aromatic rings. The molecule has 2 heterocycles. The van der Waals surface area contributed by atoms with Crippen molar-refractivity contribution in [3.05, 3.63) is 51.6 Å². The predicted octanol–water partition coefficient (Wildman–Crippen LogP) is 5.15. The minimum Gasteiger partial charge on any atom is -0.460 e. The zero-order chi connectivity index (χ0) is 21.8. The van der Waals surface area contributed by atoms with E-state index in [1.54, 1.807) is 0 Å². The van der Waals surface area contributed by atoms with Crippen LogP contribution in [0.25, 0.3) is 11.2 Å². The van der Waals surface area contributed by atoms with Crippen LogP contribution in [-0.2, 0) is 19.2 Å². The summed E-state index contributed by atoms with van der Waals surface area (Å²) in [6.45, 7) is -0.156. The minimum absolute atomic E-state index is 0.0739. The van der Waals surface area contributed by atoms with Gasteiger partial charge in [-0.05, 0) is 30.0 Å². The lowest BCUT2D eigenvalue weighted by atomic mass is 9.86. The Labute approximate surface area is 177 Å². The number of halogens is 3. The van der Waals surface area contributed by atoms with Gasteiger partial charge in [0.2, 0.25) is 0 Å².